The molecule has 0 bridgehead atoms. The van der Waals surface area contributed by atoms with E-state index in [0.717, 1.165) is 74.2 Å². The van der Waals surface area contributed by atoms with Crippen molar-refractivity contribution in [3.8, 4) is 0 Å². The van der Waals surface area contributed by atoms with Crippen LogP contribution in [0.5, 0.6) is 0 Å². The number of fused-ring (bicyclic) bond motifs is 2. The Morgan fingerprint density at radius 2 is 1.98 bits per heavy atom. The Morgan fingerprint density at radius 3 is 2.83 bits per heavy atom. The number of carbonyl (C=O) groups is 2. The highest BCUT2D eigenvalue weighted by Crippen LogP contribution is 2.84. The van der Waals surface area contributed by atoms with Gasteiger partial charge < -0.3 is 15.2 Å². The highest BCUT2D eigenvalue weighted by Gasteiger charge is 2.90. The Bertz CT molecular complexity index is 1470. The fraction of sp³-hybridized carbons (Fsp3) is 0.568. The highest BCUT2D eigenvalue weighted by atomic mass is 16.6. The van der Waals surface area contributed by atoms with Crippen LogP contribution in [0.15, 0.2) is 66.5 Å². The zero-order valence-corrected chi connectivity index (χ0v) is 24.8. The Labute approximate surface area is 249 Å². The van der Waals surface area contributed by atoms with Crippen LogP contribution in [0, 0.1) is 39.9 Å². The summed E-state index contributed by atoms with van der Waals surface area (Å²) in [5, 5.41) is 0. The van der Waals surface area contributed by atoms with Crippen LogP contribution in [-0.4, -0.2) is 18.5 Å². The van der Waals surface area contributed by atoms with Crippen LogP contribution in [0.3, 0.4) is 0 Å². The highest BCUT2D eigenvalue weighted by molar-refractivity contribution is 5.99. The topological polar surface area (TPSA) is 78.6 Å². The fourth-order valence-corrected chi connectivity index (χ4v) is 11.2. The SMILES string of the molecule is CCC[C@@H]1[C@@]2(OC(=O)c3c(CCCN)cccc32)[C@@]23CCC=C[C@@]12C(=O)O/C3=C\[C@H]1CC[C@@H]2CC[C@@H]3C=CC=C[C@@]23C1. The minimum absolute atomic E-state index is 0.149. The average Bonchev–Trinajstić information content (AvgIpc) is 3.61. The maximum Gasteiger partial charge on any atom is 0.339 e. The van der Waals surface area contributed by atoms with Gasteiger partial charge in [0, 0.05) is 11.5 Å². The number of hydrogen-bond donors (Lipinski definition) is 1. The molecule has 4 fully saturated rings. The summed E-state index contributed by atoms with van der Waals surface area (Å²) in [6.07, 6.45) is 26.9. The van der Waals surface area contributed by atoms with Gasteiger partial charge in [-0.3, -0.25) is 4.79 Å². The van der Waals surface area contributed by atoms with Crippen LogP contribution in [0.1, 0.15) is 92.6 Å². The van der Waals surface area contributed by atoms with E-state index in [1.807, 2.05) is 6.07 Å². The number of ether oxygens (including phenoxy) is 2. The van der Waals surface area contributed by atoms with Crippen molar-refractivity contribution in [1.29, 1.82) is 0 Å². The lowest BCUT2D eigenvalue weighted by Crippen LogP contribution is -2.75. The molecule has 1 aromatic carbocycles. The van der Waals surface area contributed by atoms with Crippen molar-refractivity contribution in [3.05, 3.63) is 83.2 Å². The molecule has 8 atom stereocenters. The lowest BCUT2D eigenvalue weighted by atomic mass is 9.32. The van der Waals surface area contributed by atoms with Gasteiger partial charge >= 0.3 is 11.9 Å². The molecular formula is C37H43NO4. The third-order valence-corrected chi connectivity index (χ3v) is 12.7. The molecule has 5 nitrogen and oxygen atoms in total. The van der Waals surface area contributed by atoms with Crippen LogP contribution in [0.25, 0.3) is 0 Å². The van der Waals surface area contributed by atoms with E-state index >= 15 is 0 Å². The van der Waals surface area contributed by atoms with Crippen LogP contribution < -0.4 is 5.73 Å². The van der Waals surface area contributed by atoms with Gasteiger partial charge in [0.05, 0.1) is 11.0 Å². The van der Waals surface area contributed by atoms with Crippen LogP contribution in [0.2, 0.25) is 0 Å². The second-order valence-corrected chi connectivity index (χ2v) is 14.1. The third-order valence-electron chi connectivity index (χ3n) is 12.7. The van der Waals surface area contributed by atoms with Crippen molar-refractivity contribution < 1.29 is 19.1 Å². The predicted molar refractivity (Wildman–Crippen MR) is 161 cm³/mol. The first-order chi connectivity index (χ1) is 20.5. The van der Waals surface area contributed by atoms with Gasteiger partial charge in [0.2, 0.25) is 0 Å². The molecule has 2 spiro atoms. The molecule has 0 amide bonds. The van der Waals surface area contributed by atoms with Crippen molar-refractivity contribution in [1.82, 2.24) is 0 Å². The van der Waals surface area contributed by atoms with Crippen LogP contribution >= 0.6 is 0 Å². The number of esters is 2. The van der Waals surface area contributed by atoms with E-state index < -0.39 is 16.4 Å². The van der Waals surface area contributed by atoms with Crippen molar-refractivity contribution >= 4 is 11.9 Å². The standard InChI is InChI=1S/C37H43NO4/c1-2-9-29-35-19-5-6-20-36(35,37(29)28-13-7-10-25(11-8-21-38)31(28)32(39)42-37)30(41-33(35)40)22-24-14-15-27-17-16-26-12-3-4-18-34(26,27)23-24/h3-5,7,10,12-13,18-19,22,24,26-27,29H,2,6,8-9,11,14-17,20-21,23,38H2,1H3/b30-22-/t24-,26+,27-,29+,34+,35+,36-,37-/m1/s1. The molecule has 7 aliphatic rings. The van der Waals surface area contributed by atoms with E-state index in [9.17, 15) is 9.59 Å². The monoisotopic (exact) mass is 565 g/mol. The summed E-state index contributed by atoms with van der Waals surface area (Å²) >= 11 is 0. The van der Waals surface area contributed by atoms with E-state index in [1.54, 1.807) is 0 Å². The molecule has 1 aromatic rings. The van der Waals surface area contributed by atoms with Crippen molar-refractivity contribution in [2.45, 2.75) is 83.2 Å². The normalized spacial score (nSPS) is 43.0. The number of hydrogen-bond acceptors (Lipinski definition) is 5. The second kappa shape index (κ2) is 9.29. The number of cyclic esters (lactones) is 1. The fourth-order valence-electron chi connectivity index (χ4n) is 11.2. The summed E-state index contributed by atoms with van der Waals surface area (Å²) in [6, 6.07) is 6.21. The number of aryl methyl sites for hydroxylation is 1. The molecule has 8 rings (SSSR count). The van der Waals surface area contributed by atoms with Gasteiger partial charge in [-0.2, -0.15) is 0 Å². The van der Waals surface area contributed by atoms with Crippen LogP contribution in [-0.2, 0) is 26.3 Å². The average molecular weight is 566 g/mol. The summed E-state index contributed by atoms with van der Waals surface area (Å²) in [5.74, 6) is 1.89. The zero-order chi connectivity index (χ0) is 28.7. The van der Waals surface area contributed by atoms with Crippen molar-refractivity contribution in [2.75, 3.05) is 6.54 Å². The Morgan fingerprint density at radius 1 is 1.10 bits per heavy atom. The zero-order valence-electron chi connectivity index (χ0n) is 24.8. The minimum atomic E-state index is -0.893. The third kappa shape index (κ3) is 2.99. The Kier molecular flexibility index (Phi) is 5.90. The van der Waals surface area contributed by atoms with E-state index in [2.05, 4.69) is 61.6 Å². The van der Waals surface area contributed by atoms with Gasteiger partial charge in [-0.1, -0.05) is 68.0 Å². The van der Waals surface area contributed by atoms with Gasteiger partial charge in [-0.05, 0) is 106 Å². The molecule has 2 heterocycles. The molecule has 5 aliphatic carbocycles. The van der Waals surface area contributed by atoms with E-state index in [-0.39, 0.29) is 23.3 Å². The molecule has 0 aromatic heterocycles. The molecule has 5 heteroatoms. The first-order valence-corrected chi connectivity index (χ1v) is 16.5. The summed E-state index contributed by atoms with van der Waals surface area (Å²) in [4.78, 5) is 28.1. The molecule has 0 radical (unpaired) electrons. The second-order valence-electron chi connectivity index (χ2n) is 14.1. The molecule has 3 saturated carbocycles. The van der Waals surface area contributed by atoms with Gasteiger partial charge in [0.25, 0.3) is 0 Å². The summed E-state index contributed by atoms with van der Waals surface area (Å²) in [7, 11) is 0. The van der Waals surface area contributed by atoms with Gasteiger partial charge in [-0.15, -0.1) is 0 Å². The first kappa shape index (κ1) is 26.7. The van der Waals surface area contributed by atoms with Crippen molar-refractivity contribution in [2.24, 2.45) is 45.7 Å². The Hall–Kier alpha value is -2.92. The number of allylic oxidation sites excluding steroid dienone is 6. The quantitative estimate of drug-likeness (QED) is 0.295. The lowest BCUT2D eigenvalue weighted by molar-refractivity contribution is -0.270. The van der Waals surface area contributed by atoms with Gasteiger partial charge in [0.1, 0.15) is 11.2 Å². The lowest BCUT2D eigenvalue weighted by Gasteiger charge is -2.68. The smallest absolute Gasteiger partial charge is 0.339 e. The molecule has 220 valence electrons. The van der Waals surface area contributed by atoms with E-state index in [0.29, 0.717) is 23.9 Å². The molecule has 2 N–H and O–H groups in total. The number of nitrogens with two attached hydrogens (primary N) is 1. The molecule has 0 unspecified atom stereocenters. The van der Waals surface area contributed by atoms with Crippen molar-refractivity contribution in [3.63, 3.8) is 0 Å². The summed E-state index contributed by atoms with van der Waals surface area (Å²) in [5.41, 5.74) is 6.37. The summed E-state index contributed by atoms with van der Waals surface area (Å²) < 4.78 is 13.2. The van der Waals surface area contributed by atoms with Crippen LogP contribution in [0.4, 0.5) is 0 Å². The van der Waals surface area contributed by atoms with E-state index in [4.69, 9.17) is 15.2 Å². The Balaban J connectivity index is 1.28. The predicted octanol–water partition coefficient (Wildman–Crippen LogP) is 7.08. The molecule has 42 heavy (non-hydrogen) atoms. The summed E-state index contributed by atoms with van der Waals surface area (Å²) in [6.45, 7) is 2.73. The first-order valence-electron chi connectivity index (χ1n) is 16.5. The number of carbonyl (C=O) groups excluding carboxylic acids is 2. The van der Waals surface area contributed by atoms with Gasteiger partial charge in [0.15, 0.2) is 5.60 Å². The van der Waals surface area contributed by atoms with Gasteiger partial charge in [-0.25, -0.2) is 4.79 Å². The number of rotatable bonds is 6. The largest absolute Gasteiger partial charge is 0.449 e. The number of benzene rings is 1. The molecule has 2 aliphatic heterocycles. The minimum Gasteiger partial charge on any atom is -0.449 e. The van der Waals surface area contributed by atoms with E-state index in [1.165, 1.54) is 19.3 Å². The maximum atomic E-state index is 14.2. The maximum absolute atomic E-state index is 14.2. The molecular weight excluding hydrogens is 522 g/mol. The molecule has 1 saturated heterocycles.